The molecule has 0 radical (unpaired) electrons. The van der Waals surface area contributed by atoms with Gasteiger partial charge in [0, 0.05) is 11.7 Å². The third-order valence-corrected chi connectivity index (χ3v) is 5.56. The molecule has 2 unspecified atom stereocenters. The van der Waals surface area contributed by atoms with Crippen LogP contribution in [0.25, 0.3) is 10.8 Å². The summed E-state index contributed by atoms with van der Waals surface area (Å²) in [5, 5.41) is 7.42. The van der Waals surface area contributed by atoms with E-state index in [1.165, 1.54) is 6.92 Å². The lowest BCUT2D eigenvalue weighted by Gasteiger charge is -2.29. The van der Waals surface area contributed by atoms with Gasteiger partial charge in [0.2, 0.25) is 0 Å². The second kappa shape index (κ2) is 11.2. The van der Waals surface area contributed by atoms with Gasteiger partial charge < -0.3 is 15.4 Å². The fourth-order valence-corrected chi connectivity index (χ4v) is 4.08. The molecule has 3 aromatic rings. The third-order valence-electron chi connectivity index (χ3n) is 5.56. The molecule has 0 saturated carbocycles. The van der Waals surface area contributed by atoms with Gasteiger partial charge in [0.1, 0.15) is 17.7 Å². The molecule has 192 valence electrons. The molecule has 0 aliphatic rings. The normalized spacial score (nSPS) is 12.7. The Balaban J connectivity index is 1.94. The van der Waals surface area contributed by atoms with Crippen LogP contribution < -0.4 is 10.6 Å². The van der Waals surface area contributed by atoms with Gasteiger partial charge in [-0.05, 0) is 70.0 Å². The van der Waals surface area contributed by atoms with E-state index in [4.69, 9.17) is 11.2 Å². The predicted molar refractivity (Wildman–Crippen MR) is 146 cm³/mol. The second-order valence-electron chi connectivity index (χ2n) is 10.1. The Bertz CT molecular complexity index is 1350. The van der Waals surface area contributed by atoms with Gasteiger partial charge >= 0.3 is 6.09 Å². The molecule has 0 aliphatic heterocycles. The number of rotatable bonds is 6. The van der Waals surface area contributed by atoms with Gasteiger partial charge in [-0.1, -0.05) is 66.1 Å². The minimum atomic E-state index is -1.13. The molecule has 0 saturated heterocycles. The largest absolute Gasteiger partial charge is 0.444 e. The molecule has 7 nitrogen and oxygen atoms in total. The molecule has 37 heavy (non-hydrogen) atoms. The van der Waals surface area contributed by atoms with Crippen molar-refractivity contribution >= 4 is 34.4 Å². The first-order valence-corrected chi connectivity index (χ1v) is 12.0. The number of aryl methyl sites for hydroxylation is 2. The summed E-state index contributed by atoms with van der Waals surface area (Å²) in [7, 11) is 0. The van der Waals surface area contributed by atoms with Crippen molar-refractivity contribution in [2.45, 2.75) is 59.2 Å². The maximum Gasteiger partial charge on any atom is 0.408 e. The molecule has 3 rings (SSSR count). The van der Waals surface area contributed by atoms with E-state index >= 15 is 0 Å². The van der Waals surface area contributed by atoms with Crippen LogP contribution in [0.15, 0.2) is 60.7 Å². The Labute approximate surface area is 218 Å². The Morgan fingerprint density at radius 3 is 2.16 bits per heavy atom. The van der Waals surface area contributed by atoms with Crippen LogP contribution in [0, 0.1) is 26.3 Å². The smallest absolute Gasteiger partial charge is 0.408 e. The Morgan fingerprint density at radius 1 is 0.946 bits per heavy atom. The van der Waals surface area contributed by atoms with Crippen molar-refractivity contribution in [1.29, 1.82) is 0 Å². The van der Waals surface area contributed by atoms with Crippen molar-refractivity contribution < 1.29 is 19.1 Å². The topological polar surface area (TPSA) is 87.7 Å². The summed E-state index contributed by atoms with van der Waals surface area (Å²) in [5.74, 6) is -1.10. The van der Waals surface area contributed by atoms with Crippen LogP contribution in [-0.2, 0) is 14.3 Å². The van der Waals surface area contributed by atoms with Gasteiger partial charge in [0.25, 0.3) is 11.8 Å². The van der Waals surface area contributed by atoms with Crippen molar-refractivity contribution in [1.82, 2.24) is 10.2 Å². The number of alkyl carbamates (subject to hydrolysis) is 1. The first-order valence-electron chi connectivity index (χ1n) is 12.0. The van der Waals surface area contributed by atoms with Crippen LogP contribution in [0.4, 0.5) is 10.5 Å². The molecule has 0 aliphatic carbocycles. The fourth-order valence-electron chi connectivity index (χ4n) is 4.08. The van der Waals surface area contributed by atoms with Gasteiger partial charge in [0.15, 0.2) is 0 Å². The zero-order chi connectivity index (χ0) is 27.3. The number of nitrogens with one attached hydrogen (secondary N) is 2. The molecule has 0 heterocycles. The highest BCUT2D eigenvalue weighted by Crippen LogP contribution is 2.27. The predicted octanol–water partition coefficient (Wildman–Crippen LogP) is 5.47. The highest BCUT2D eigenvalue weighted by molar-refractivity contribution is 6.01. The van der Waals surface area contributed by atoms with Gasteiger partial charge in [0.05, 0.1) is 0 Å². The highest BCUT2D eigenvalue weighted by Gasteiger charge is 2.34. The van der Waals surface area contributed by atoms with Gasteiger partial charge in [-0.3, -0.25) is 14.5 Å². The summed E-state index contributed by atoms with van der Waals surface area (Å²) in [5.41, 5.74) is 2.24. The van der Waals surface area contributed by atoms with Crippen LogP contribution in [0.2, 0.25) is 0 Å². The lowest BCUT2D eigenvalue weighted by atomic mass is 9.98. The van der Waals surface area contributed by atoms with E-state index in [-0.39, 0.29) is 0 Å². The highest BCUT2D eigenvalue weighted by atomic mass is 16.6. The number of fused-ring (bicyclic) bond motifs is 1. The van der Waals surface area contributed by atoms with Crippen molar-refractivity contribution in [2.75, 3.05) is 5.32 Å². The molecule has 2 atom stereocenters. The van der Waals surface area contributed by atoms with Crippen LogP contribution >= 0.6 is 0 Å². The van der Waals surface area contributed by atoms with Gasteiger partial charge in [-0.15, -0.1) is 0 Å². The average molecular weight is 500 g/mol. The molecule has 7 heteroatoms. The molecule has 3 amide bonds. The number of terminal acetylenes is 1. The summed E-state index contributed by atoms with van der Waals surface area (Å²) in [6, 6.07) is 19.2. The zero-order valence-electron chi connectivity index (χ0n) is 22.1. The van der Waals surface area contributed by atoms with Crippen LogP contribution in [-0.4, -0.2) is 34.5 Å². The third kappa shape index (κ3) is 7.11. The number of carbonyl (C=O) groups is 3. The Kier molecular flexibility index (Phi) is 8.24. The molecule has 0 spiro atoms. The molecule has 0 bridgehead atoms. The molecule has 2 N–H and O–H groups in total. The number of ether oxygens (including phenoxy) is 1. The fraction of sp³-hybridized carbons (Fsp3) is 0.300. The molecule has 0 aromatic heterocycles. The number of hydrogen-bond acceptors (Lipinski definition) is 4. The van der Waals surface area contributed by atoms with Crippen molar-refractivity contribution in [3.05, 3.63) is 77.4 Å². The standard InChI is InChI=1S/C30H33N3O4/c1-8-33(28(35)21(4)31-29(36)37-30(5,6)7)26(24-16-19(2)15-20(3)17-24)27(34)32-25-14-13-22-11-9-10-12-23(22)18-25/h1,9-18,21,26H,2-7H3,(H,31,36)(H,32,34). The second-order valence-corrected chi connectivity index (χ2v) is 10.1. The van der Waals surface area contributed by atoms with Gasteiger partial charge in [-0.2, -0.15) is 0 Å². The first kappa shape index (κ1) is 27.3. The summed E-state index contributed by atoms with van der Waals surface area (Å²) in [6.45, 7) is 10.5. The van der Waals surface area contributed by atoms with E-state index in [2.05, 4.69) is 16.7 Å². The summed E-state index contributed by atoms with van der Waals surface area (Å²) < 4.78 is 5.26. The maximum atomic E-state index is 13.7. The molecular weight excluding hydrogens is 466 g/mol. The van der Waals surface area contributed by atoms with Gasteiger partial charge in [-0.25, -0.2) is 4.79 Å². The minimum Gasteiger partial charge on any atom is -0.444 e. The van der Waals surface area contributed by atoms with E-state index < -0.39 is 35.6 Å². The quantitative estimate of drug-likeness (QED) is 0.348. The van der Waals surface area contributed by atoms with E-state index in [0.29, 0.717) is 11.3 Å². The number of benzene rings is 3. The SMILES string of the molecule is C#CN(C(=O)C(C)NC(=O)OC(C)(C)C)C(C(=O)Nc1ccc2ccccc2c1)c1cc(C)cc(C)c1. The van der Waals surface area contributed by atoms with Crippen molar-refractivity contribution in [3.63, 3.8) is 0 Å². The summed E-state index contributed by atoms with van der Waals surface area (Å²) in [4.78, 5) is 40.4. The molecule has 3 aromatic carbocycles. The number of carbonyl (C=O) groups excluding carboxylic acids is 3. The van der Waals surface area contributed by atoms with Crippen LogP contribution in [0.1, 0.15) is 50.4 Å². The summed E-state index contributed by atoms with van der Waals surface area (Å²) >= 11 is 0. The number of amides is 3. The van der Waals surface area contributed by atoms with E-state index in [1.807, 2.05) is 68.4 Å². The van der Waals surface area contributed by atoms with Crippen molar-refractivity contribution in [2.24, 2.45) is 0 Å². The first-order chi connectivity index (χ1) is 17.4. The zero-order valence-corrected chi connectivity index (χ0v) is 22.1. The van der Waals surface area contributed by atoms with Crippen molar-refractivity contribution in [3.8, 4) is 12.5 Å². The van der Waals surface area contributed by atoms with E-state index in [9.17, 15) is 14.4 Å². The van der Waals surface area contributed by atoms with E-state index in [0.717, 1.165) is 26.8 Å². The van der Waals surface area contributed by atoms with Crippen LogP contribution in [0.5, 0.6) is 0 Å². The van der Waals surface area contributed by atoms with Crippen LogP contribution in [0.3, 0.4) is 0 Å². The summed E-state index contributed by atoms with van der Waals surface area (Å²) in [6.07, 6.45) is 5.04. The molecular formula is C30H33N3O4. The average Bonchev–Trinajstić information content (AvgIpc) is 2.79. The maximum absolute atomic E-state index is 13.7. The lowest BCUT2D eigenvalue weighted by molar-refractivity contribution is -0.136. The number of anilines is 1. The monoisotopic (exact) mass is 499 g/mol. The lowest BCUT2D eigenvalue weighted by Crippen LogP contribution is -2.49. The Morgan fingerprint density at radius 2 is 1.57 bits per heavy atom. The minimum absolute atomic E-state index is 0.476. The molecule has 0 fully saturated rings. The Hall–Kier alpha value is -4.31. The number of hydrogen-bond donors (Lipinski definition) is 2. The number of nitrogens with zero attached hydrogens (tertiary/aromatic N) is 1. The van der Waals surface area contributed by atoms with E-state index in [1.54, 1.807) is 26.8 Å².